The van der Waals surface area contributed by atoms with Crippen molar-refractivity contribution in [2.45, 2.75) is 38.0 Å². The zero-order valence-corrected chi connectivity index (χ0v) is 14.0. The van der Waals surface area contributed by atoms with Crippen molar-refractivity contribution in [1.82, 2.24) is 10.6 Å². The molecule has 1 heterocycles. The quantitative estimate of drug-likeness (QED) is 0.826. The van der Waals surface area contributed by atoms with E-state index in [1.54, 1.807) is 12.1 Å². The number of amides is 2. The van der Waals surface area contributed by atoms with Crippen molar-refractivity contribution >= 4 is 21.7 Å². The van der Waals surface area contributed by atoms with E-state index in [1.807, 2.05) is 19.1 Å². The number of benzene rings is 1. The highest BCUT2D eigenvalue weighted by atomic mass is 32.2. The topological polar surface area (TPSA) is 92.3 Å². The minimum Gasteiger partial charge on any atom is -0.354 e. The number of carbonyl (C=O) groups excluding carboxylic acids is 2. The van der Waals surface area contributed by atoms with Crippen LogP contribution in [0, 0.1) is 6.92 Å². The summed E-state index contributed by atoms with van der Waals surface area (Å²) >= 11 is 0. The molecule has 2 N–H and O–H groups in total. The molecule has 0 radical (unpaired) electrons. The second kappa shape index (κ2) is 7.59. The Morgan fingerprint density at radius 1 is 1.30 bits per heavy atom. The zero-order chi connectivity index (χ0) is 16.9. The van der Waals surface area contributed by atoms with Crippen LogP contribution >= 0.6 is 0 Å². The number of aryl methyl sites for hydroxylation is 1. The molecule has 0 unspecified atom stereocenters. The first-order valence-electron chi connectivity index (χ1n) is 7.69. The van der Waals surface area contributed by atoms with Gasteiger partial charge < -0.3 is 10.6 Å². The van der Waals surface area contributed by atoms with Crippen LogP contribution in [0.5, 0.6) is 0 Å². The van der Waals surface area contributed by atoms with Crippen LogP contribution in [-0.4, -0.2) is 38.6 Å². The maximum absolute atomic E-state index is 12.2. The summed E-state index contributed by atoms with van der Waals surface area (Å²) in [6, 6.07) is 6.54. The predicted molar refractivity (Wildman–Crippen MR) is 87.5 cm³/mol. The molecule has 0 aromatic heterocycles. The van der Waals surface area contributed by atoms with Crippen LogP contribution in [0.3, 0.4) is 0 Å². The van der Waals surface area contributed by atoms with Gasteiger partial charge in [-0.25, -0.2) is 8.42 Å². The Morgan fingerprint density at radius 3 is 2.78 bits per heavy atom. The number of sulfone groups is 1. The van der Waals surface area contributed by atoms with Gasteiger partial charge in [0.15, 0.2) is 9.84 Å². The summed E-state index contributed by atoms with van der Waals surface area (Å²) in [6.45, 7) is 2.43. The van der Waals surface area contributed by atoms with Gasteiger partial charge in [0.25, 0.3) is 0 Å². The molecule has 0 aliphatic carbocycles. The molecule has 1 aromatic carbocycles. The van der Waals surface area contributed by atoms with Gasteiger partial charge in [0.1, 0.15) is 11.8 Å². The van der Waals surface area contributed by atoms with Crippen LogP contribution in [0.1, 0.15) is 30.4 Å². The van der Waals surface area contributed by atoms with Crippen LogP contribution in [0.15, 0.2) is 24.3 Å². The Labute approximate surface area is 136 Å². The van der Waals surface area contributed by atoms with Crippen molar-refractivity contribution in [2.24, 2.45) is 0 Å². The molecule has 0 bridgehead atoms. The third-order valence-corrected chi connectivity index (χ3v) is 5.31. The molecule has 2 amide bonds. The number of carbonyl (C=O) groups is 2. The average molecular weight is 338 g/mol. The van der Waals surface area contributed by atoms with E-state index < -0.39 is 27.5 Å². The minimum absolute atomic E-state index is 0.177. The third-order valence-electron chi connectivity index (χ3n) is 3.86. The molecule has 23 heavy (non-hydrogen) atoms. The number of rotatable bonds is 5. The van der Waals surface area contributed by atoms with Crippen LogP contribution in [0.4, 0.5) is 0 Å². The molecule has 1 aromatic rings. The fraction of sp³-hybridized carbons (Fsp3) is 0.500. The van der Waals surface area contributed by atoms with E-state index in [-0.39, 0.29) is 11.7 Å². The van der Waals surface area contributed by atoms with Crippen LogP contribution in [-0.2, 0) is 25.2 Å². The molecular formula is C16H22N2O4S. The summed E-state index contributed by atoms with van der Waals surface area (Å²) in [6.07, 6.45) is 2.22. The van der Waals surface area contributed by atoms with Gasteiger partial charge in [0.2, 0.25) is 11.8 Å². The lowest BCUT2D eigenvalue weighted by atomic mass is 10.1. The van der Waals surface area contributed by atoms with E-state index in [9.17, 15) is 18.0 Å². The summed E-state index contributed by atoms with van der Waals surface area (Å²) in [5.74, 6) is -1.65. The van der Waals surface area contributed by atoms with Gasteiger partial charge in [-0.3, -0.25) is 9.59 Å². The van der Waals surface area contributed by atoms with Crippen molar-refractivity contribution in [3.8, 4) is 0 Å². The van der Waals surface area contributed by atoms with E-state index in [2.05, 4.69) is 10.6 Å². The summed E-state index contributed by atoms with van der Waals surface area (Å²) in [5.41, 5.74) is 1.56. The van der Waals surface area contributed by atoms with Crippen molar-refractivity contribution in [3.63, 3.8) is 0 Å². The van der Waals surface area contributed by atoms with Crippen molar-refractivity contribution in [3.05, 3.63) is 35.4 Å². The lowest BCUT2D eigenvalue weighted by Gasteiger charge is -2.15. The smallest absolute Gasteiger partial charge is 0.242 e. The van der Waals surface area contributed by atoms with E-state index in [4.69, 9.17) is 0 Å². The van der Waals surface area contributed by atoms with Crippen LogP contribution in [0.25, 0.3) is 0 Å². The molecule has 1 aliphatic heterocycles. The van der Waals surface area contributed by atoms with Crippen molar-refractivity contribution in [1.29, 1.82) is 0 Å². The highest BCUT2D eigenvalue weighted by molar-refractivity contribution is 7.91. The molecule has 0 spiro atoms. The maximum atomic E-state index is 12.2. The van der Waals surface area contributed by atoms with Gasteiger partial charge >= 0.3 is 0 Å². The summed E-state index contributed by atoms with van der Waals surface area (Å²) in [4.78, 5) is 23.8. The Morgan fingerprint density at radius 2 is 2.04 bits per heavy atom. The Kier molecular flexibility index (Phi) is 5.76. The first-order chi connectivity index (χ1) is 10.9. The Hall–Kier alpha value is -1.89. The van der Waals surface area contributed by atoms with Crippen LogP contribution < -0.4 is 10.6 Å². The van der Waals surface area contributed by atoms with E-state index >= 15 is 0 Å². The highest BCUT2D eigenvalue weighted by Crippen LogP contribution is 2.12. The zero-order valence-electron chi connectivity index (χ0n) is 13.2. The molecule has 126 valence electrons. The molecule has 1 aliphatic rings. The number of hydrogen-bond acceptors (Lipinski definition) is 4. The second-order valence-electron chi connectivity index (χ2n) is 5.87. The van der Waals surface area contributed by atoms with E-state index in [1.165, 1.54) is 0 Å². The normalized spacial score (nSPS) is 18.8. The number of hydrogen-bond donors (Lipinski definition) is 2. The largest absolute Gasteiger partial charge is 0.354 e. The SMILES string of the molecule is Cc1ccccc1CS(=O)(=O)CC(=O)N[C@@H]1CCCCNC1=O. The minimum atomic E-state index is -3.58. The molecule has 1 atom stereocenters. The van der Waals surface area contributed by atoms with Gasteiger partial charge in [0, 0.05) is 6.54 Å². The standard InChI is InChI=1S/C16H22N2O4S/c1-12-6-2-3-7-13(12)10-23(21,22)11-15(19)18-14-8-4-5-9-17-16(14)20/h2-3,6-7,14H,4-5,8-11H2,1H3,(H,17,20)(H,18,19)/t14-/m1/s1. The molecule has 7 heteroatoms. The molecule has 1 fully saturated rings. The summed E-state index contributed by atoms with van der Waals surface area (Å²) in [5, 5.41) is 5.24. The highest BCUT2D eigenvalue weighted by Gasteiger charge is 2.25. The van der Waals surface area contributed by atoms with Gasteiger partial charge in [0.05, 0.1) is 5.75 Å². The predicted octanol–water partition coefficient (Wildman–Crippen LogP) is 0.695. The fourth-order valence-electron chi connectivity index (χ4n) is 2.57. The molecular weight excluding hydrogens is 316 g/mol. The van der Waals surface area contributed by atoms with Crippen molar-refractivity contribution < 1.29 is 18.0 Å². The first-order valence-corrected chi connectivity index (χ1v) is 9.51. The summed E-state index contributed by atoms with van der Waals surface area (Å²) in [7, 11) is -3.58. The van der Waals surface area contributed by atoms with Crippen molar-refractivity contribution in [2.75, 3.05) is 12.3 Å². The summed E-state index contributed by atoms with van der Waals surface area (Å²) < 4.78 is 24.4. The Bertz CT molecular complexity index is 685. The monoisotopic (exact) mass is 338 g/mol. The molecule has 6 nitrogen and oxygen atoms in total. The van der Waals surface area contributed by atoms with Crippen LogP contribution in [0.2, 0.25) is 0 Å². The lowest BCUT2D eigenvalue weighted by molar-refractivity contribution is -0.127. The Balaban J connectivity index is 1.95. The molecule has 2 rings (SSSR count). The number of nitrogens with one attached hydrogen (secondary N) is 2. The van der Waals surface area contributed by atoms with Gasteiger partial charge in [-0.15, -0.1) is 0 Å². The first kappa shape index (κ1) is 17.5. The fourth-order valence-corrected chi connectivity index (χ4v) is 3.96. The molecule has 1 saturated heterocycles. The average Bonchev–Trinajstić information content (AvgIpc) is 2.66. The lowest BCUT2D eigenvalue weighted by Crippen LogP contribution is -2.47. The van der Waals surface area contributed by atoms with E-state index in [0.717, 1.165) is 18.4 Å². The van der Waals surface area contributed by atoms with Gasteiger partial charge in [-0.1, -0.05) is 24.3 Å². The van der Waals surface area contributed by atoms with E-state index in [0.29, 0.717) is 18.5 Å². The van der Waals surface area contributed by atoms with Gasteiger partial charge in [-0.2, -0.15) is 0 Å². The molecule has 0 saturated carbocycles. The van der Waals surface area contributed by atoms with Gasteiger partial charge in [-0.05, 0) is 37.3 Å². The second-order valence-corrected chi connectivity index (χ2v) is 7.93. The maximum Gasteiger partial charge on any atom is 0.242 e. The third kappa shape index (κ3) is 5.35.